The average Bonchev–Trinajstić information content (AvgIpc) is 2.18. The van der Waals surface area contributed by atoms with E-state index in [4.69, 9.17) is 4.74 Å². The van der Waals surface area contributed by atoms with Gasteiger partial charge >= 0.3 is 5.97 Å². The molecule has 15 heavy (non-hydrogen) atoms. The van der Waals surface area contributed by atoms with Gasteiger partial charge in [-0.05, 0) is 13.0 Å². The smallest absolute Gasteiger partial charge is 0.308 e. The fraction of sp³-hybridized carbons (Fsp3) is 0.364. The van der Waals surface area contributed by atoms with E-state index in [1.807, 2.05) is 0 Å². The minimum Gasteiger partial charge on any atom is -0.508 e. The molecule has 0 fully saturated rings. The highest BCUT2D eigenvalue weighted by molar-refractivity contribution is 5.70. The highest BCUT2D eigenvalue weighted by Crippen LogP contribution is 2.25. The van der Waals surface area contributed by atoms with Crippen molar-refractivity contribution in [3.05, 3.63) is 29.8 Å². The molecule has 0 heterocycles. The number of carbonyl (C=O) groups is 1. The topological polar surface area (TPSA) is 66.8 Å². The zero-order valence-corrected chi connectivity index (χ0v) is 8.51. The monoisotopic (exact) mass is 210 g/mol. The lowest BCUT2D eigenvalue weighted by Crippen LogP contribution is -2.10. The van der Waals surface area contributed by atoms with Crippen LogP contribution in [0, 0.1) is 0 Å². The molecule has 0 saturated heterocycles. The second kappa shape index (κ2) is 5.36. The molecule has 0 amide bonds. The summed E-state index contributed by atoms with van der Waals surface area (Å²) >= 11 is 0. The summed E-state index contributed by atoms with van der Waals surface area (Å²) in [5, 5.41) is 19.0. The van der Waals surface area contributed by atoms with Gasteiger partial charge in [-0.15, -0.1) is 0 Å². The summed E-state index contributed by atoms with van der Waals surface area (Å²) in [6, 6.07) is 6.36. The molecule has 82 valence electrons. The van der Waals surface area contributed by atoms with Gasteiger partial charge in [-0.2, -0.15) is 0 Å². The molecule has 0 spiro atoms. The van der Waals surface area contributed by atoms with Gasteiger partial charge in [0, 0.05) is 5.56 Å². The number of phenols is 1. The van der Waals surface area contributed by atoms with Crippen LogP contribution in [0.5, 0.6) is 5.75 Å². The molecule has 1 rings (SSSR count). The molecule has 1 aromatic carbocycles. The Bertz CT molecular complexity index is 335. The van der Waals surface area contributed by atoms with Gasteiger partial charge in [-0.3, -0.25) is 4.79 Å². The van der Waals surface area contributed by atoms with Crippen LogP contribution < -0.4 is 0 Å². The molecule has 0 unspecified atom stereocenters. The van der Waals surface area contributed by atoms with Crippen LogP contribution in [0.25, 0.3) is 0 Å². The maximum atomic E-state index is 11.1. The van der Waals surface area contributed by atoms with Crippen molar-refractivity contribution in [3.63, 3.8) is 0 Å². The summed E-state index contributed by atoms with van der Waals surface area (Å²) in [6.45, 7) is 1.98. The lowest BCUT2D eigenvalue weighted by atomic mass is 10.1. The van der Waals surface area contributed by atoms with Gasteiger partial charge in [0.1, 0.15) is 5.75 Å². The second-order valence-corrected chi connectivity index (χ2v) is 3.08. The van der Waals surface area contributed by atoms with Crippen LogP contribution in [0.1, 0.15) is 25.0 Å². The first kappa shape index (κ1) is 11.5. The van der Waals surface area contributed by atoms with Gasteiger partial charge in [-0.1, -0.05) is 18.2 Å². The van der Waals surface area contributed by atoms with Crippen LogP contribution in [-0.2, 0) is 9.53 Å². The van der Waals surface area contributed by atoms with Crippen molar-refractivity contribution in [1.82, 2.24) is 0 Å². The number of aliphatic hydroxyl groups excluding tert-OH is 1. The lowest BCUT2D eigenvalue weighted by Gasteiger charge is -2.11. The molecule has 4 heteroatoms. The third kappa shape index (κ3) is 3.25. The van der Waals surface area contributed by atoms with E-state index in [2.05, 4.69) is 0 Å². The van der Waals surface area contributed by atoms with Crippen molar-refractivity contribution in [2.24, 2.45) is 0 Å². The van der Waals surface area contributed by atoms with Crippen LogP contribution in [0.15, 0.2) is 24.3 Å². The number of aliphatic hydroxyl groups is 1. The normalized spacial score (nSPS) is 12.1. The molecule has 0 saturated carbocycles. The molecule has 0 aliphatic rings. The van der Waals surface area contributed by atoms with Gasteiger partial charge in [0.2, 0.25) is 0 Å². The number of para-hydroxylation sites is 1. The average molecular weight is 210 g/mol. The zero-order chi connectivity index (χ0) is 11.3. The van der Waals surface area contributed by atoms with E-state index in [0.717, 1.165) is 0 Å². The molecule has 1 atom stereocenters. The molecule has 0 aliphatic heterocycles. The zero-order valence-electron chi connectivity index (χ0n) is 8.51. The summed E-state index contributed by atoms with van der Waals surface area (Å²) in [7, 11) is 0. The predicted octanol–water partition coefficient (Wildman–Crippen LogP) is 1.38. The van der Waals surface area contributed by atoms with Crippen LogP contribution in [0.2, 0.25) is 0 Å². The van der Waals surface area contributed by atoms with E-state index in [1.54, 1.807) is 25.1 Å². The van der Waals surface area contributed by atoms with Crippen molar-refractivity contribution in [1.29, 1.82) is 0 Å². The van der Waals surface area contributed by atoms with Gasteiger partial charge in [-0.25, -0.2) is 0 Å². The number of rotatable bonds is 4. The van der Waals surface area contributed by atoms with E-state index in [1.165, 1.54) is 6.07 Å². The third-order valence-electron chi connectivity index (χ3n) is 1.96. The summed E-state index contributed by atoms with van der Waals surface area (Å²) < 4.78 is 4.69. The highest BCUT2D eigenvalue weighted by Gasteiger charge is 2.16. The second-order valence-electron chi connectivity index (χ2n) is 3.08. The van der Waals surface area contributed by atoms with E-state index < -0.39 is 12.1 Å². The molecule has 0 bridgehead atoms. The number of hydrogen-bond donors (Lipinski definition) is 2. The Morgan fingerprint density at radius 2 is 2.13 bits per heavy atom. The Labute approximate surface area is 88.1 Å². The van der Waals surface area contributed by atoms with Gasteiger partial charge in [0.15, 0.2) is 0 Å². The van der Waals surface area contributed by atoms with E-state index in [0.29, 0.717) is 5.56 Å². The minimum absolute atomic E-state index is 0.0192. The van der Waals surface area contributed by atoms with Crippen LogP contribution in [-0.4, -0.2) is 22.8 Å². The van der Waals surface area contributed by atoms with Crippen molar-refractivity contribution in [3.8, 4) is 5.75 Å². The fourth-order valence-electron chi connectivity index (χ4n) is 1.26. The van der Waals surface area contributed by atoms with Crippen LogP contribution in [0.3, 0.4) is 0 Å². The Hall–Kier alpha value is -1.55. The standard InChI is InChI=1S/C11H14O4/c1-2-15-11(14)7-10(13)8-5-3-4-6-9(8)12/h3-6,10,12-13H,2,7H2,1H3/t10-/m1/s1. The predicted molar refractivity (Wildman–Crippen MR) is 54.3 cm³/mol. The molecule has 0 aliphatic carbocycles. The van der Waals surface area contributed by atoms with E-state index >= 15 is 0 Å². The Kier molecular flexibility index (Phi) is 4.12. The number of ether oxygens (including phenoxy) is 1. The number of aromatic hydroxyl groups is 1. The molecular weight excluding hydrogens is 196 g/mol. The van der Waals surface area contributed by atoms with Crippen molar-refractivity contribution in [2.45, 2.75) is 19.4 Å². The Morgan fingerprint density at radius 1 is 1.47 bits per heavy atom. The largest absolute Gasteiger partial charge is 0.508 e. The van der Waals surface area contributed by atoms with Gasteiger partial charge < -0.3 is 14.9 Å². The highest BCUT2D eigenvalue weighted by atomic mass is 16.5. The lowest BCUT2D eigenvalue weighted by molar-refractivity contribution is -0.145. The summed E-state index contributed by atoms with van der Waals surface area (Å²) in [6.07, 6.45) is -1.17. The van der Waals surface area contributed by atoms with Crippen molar-refractivity contribution in [2.75, 3.05) is 6.61 Å². The molecule has 1 aromatic rings. The summed E-state index contributed by atoms with van der Waals surface area (Å²) in [5.74, 6) is -0.498. The molecule has 4 nitrogen and oxygen atoms in total. The first-order valence-corrected chi connectivity index (χ1v) is 4.76. The first-order chi connectivity index (χ1) is 7.15. The minimum atomic E-state index is -1.02. The van der Waals surface area contributed by atoms with Crippen molar-refractivity contribution >= 4 is 5.97 Å². The number of esters is 1. The SMILES string of the molecule is CCOC(=O)C[C@@H](O)c1ccccc1O. The summed E-state index contributed by atoms with van der Waals surface area (Å²) in [5.41, 5.74) is 0.338. The first-order valence-electron chi connectivity index (χ1n) is 4.76. The van der Waals surface area contributed by atoms with Crippen LogP contribution in [0.4, 0.5) is 0 Å². The number of carbonyl (C=O) groups excluding carboxylic acids is 1. The van der Waals surface area contributed by atoms with E-state index in [9.17, 15) is 15.0 Å². The fourth-order valence-corrected chi connectivity index (χ4v) is 1.26. The third-order valence-corrected chi connectivity index (χ3v) is 1.96. The Balaban J connectivity index is 2.65. The Morgan fingerprint density at radius 3 is 2.73 bits per heavy atom. The number of hydrogen-bond acceptors (Lipinski definition) is 4. The van der Waals surface area contributed by atoms with Crippen LogP contribution >= 0.6 is 0 Å². The quantitative estimate of drug-likeness (QED) is 0.737. The molecule has 0 aromatic heterocycles. The molecule has 2 N–H and O–H groups in total. The summed E-state index contributed by atoms with van der Waals surface area (Å²) in [4.78, 5) is 11.1. The maximum absolute atomic E-state index is 11.1. The van der Waals surface area contributed by atoms with E-state index in [-0.39, 0.29) is 18.8 Å². The molecular formula is C11H14O4. The van der Waals surface area contributed by atoms with Gasteiger partial charge in [0.05, 0.1) is 19.1 Å². The maximum Gasteiger partial charge on any atom is 0.308 e. The van der Waals surface area contributed by atoms with Crippen molar-refractivity contribution < 1.29 is 19.7 Å². The van der Waals surface area contributed by atoms with Gasteiger partial charge in [0.25, 0.3) is 0 Å². The number of phenolic OH excluding ortho intramolecular Hbond substituents is 1. The number of benzene rings is 1. The molecule has 0 radical (unpaired) electrons.